The van der Waals surface area contributed by atoms with E-state index in [2.05, 4.69) is 14.8 Å². The van der Waals surface area contributed by atoms with Crippen LogP contribution in [0.2, 0.25) is 0 Å². The third kappa shape index (κ3) is 5.24. The van der Waals surface area contributed by atoms with E-state index in [0.717, 1.165) is 66.2 Å². The standard InChI is InChI=1S/C27H26F3N5O2/c28-27(29,30)20-4-1-18(2-5-20)16-33-11-13-34(14-12-33)23-7-9-32-26-21(23)8-10-35(26)17-19-3-6-22(25(31)37)24(36)15-19/h1-10,15,36H,11-14,16-17H2,(H2,31,37). The number of aromatic nitrogens is 2. The number of phenols is 1. The summed E-state index contributed by atoms with van der Waals surface area (Å²) in [6.07, 6.45) is -0.603. The summed E-state index contributed by atoms with van der Waals surface area (Å²) in [6.45, 7) is 4.22. The molecule has 2 aromatic heterocycles. The third-order valence-corrected chi connectivity index (χ3v) is 6.72. The first-order valence-corrected chi connectivity index (χ1v) is 11.9. The Labute approximate surface area is 211 Å². The number of halogens is 3. The maximum atomic E-state index is 12.8. The number of piperazine rings is 1. The van der Waals surface area contributed by atoms with Gasteiger partial charge < -0.3 is 20.3 Å². The molecule has 4 aromatic rings. The number of alkyl halides is 3. The zero-order valence-electron chi connectivity index (χ0n) is 19.9. The number of primary amides is 1. The van der Waals surface area contributed by atoms with E-state index in [4.69, 9.17) is 5.73 Å². The zero-order chi connectivity index (χ0) is 26.2. The van der Waals surface area contributed by atoms with Gasteiger partial charge in [-0.3, -0.25) is 9.69 Å². The van der Waals surface area contributed by atoms with Crippen LogP contribution in [0.25, 0.3) is 11.0 Å². The van der Waals surface area contributed by atoms with Crippen molar-refractivity contribution in [2.24, 2.45) is 5.73 Å². The van der Waals surface area contributed by atoms with E-state index in [9.17, 15) is 23.1 Å². The Bertz CT molecular complexity index is 1420. The van der Waals surface area contributed by atoms with E-state index in [1.165, 1.54) is 12.1 Å². The Morgan fingerprint density at radius 1 is 0.946 bits per heavy atom. The van der Waals surface area contributed by atoms with Crippen molar-refractivity contribution in [3.8, 4) is 5.75 Å². The highest BCUT2D eigenvalue weighted by molar-refractivity contribution is 5.95. The third-order valence-electron chi connectivity index (χ3n) is 6.72. The molecule has 3 heterocycles. The molecule has 0 saturated carbocycles. The Balaban J connectivity index is 1.26. The number of hydrogen-bond acceptors (Lipinski definition) is 5. The number of nitrogens with zero attached hydrogens (tertiary/aromatic N) is 4. The SMILES string of the molecule is NC(=O)c1ccc(Cn2ccc3c(N4CCN(Cc5ccc(C(F)(F)F)cc5)CC4)ccnc32)cc1O. The number of anilines is 1. The van der Waals surface area contributed by atoms with Crippen molar-refractivity contribution < 1.29 is 23.1 Å². The predicted octanol–water partition coefficient (Wildman–Crippen LogP) is 4.23. The molecule has 0 spiro atoms. The summed E-state index contributed by atoms with van der Waals surface area (Å²) in [7, 11) is 0. The summed E-state index contributed by atoms with van der Waals surface area (Å²) in [5.41, 5.74) is 8.27. The number of rotatable bonds is 6. The average molecular weight is 510 g/mol. The van der Waals surface area contributed by atoms with Crippen molar-refractivity contribution in [2.45, 2.75) is 19.3 Å². The van der Waals surface area contributed by atoms with Gasteiger partial charge in [-0.2, -0.15) is 13.2 Å². The van der Waals surface area contributed by atoms with Gasteiger partial charge in [-0.1, -0.05) is 18.2 Å². The fraction of sp³-hybridized carbons (Fsp3) is 0.259. The molecule has 1 fully saturated rings. The summed E-state index contributed by atoms with van der Waals surface area (Å²) in [5, 5.41) is 11.1. The molecule has 0 aliphatic carbocycles. The molecule has 10 heteroatoms. The molecule has 0 atom stereocenters. The van der Waals surface area contributed by atoms with Crippen molar-refractivity contribution in [1.29, 1.82) is 0 Å². The van der Waals surface area contributed by atoms with Gasteiger partial charge in [0.25, 0.3) is 5.91 Å². The number of hydrogen-bond donors (Lipinski definition) is 2. The predicted molar refractivity (Wildman–Crippen MR) is 134 cm³/mol. The number of nitrogens with two attached hydrogens (primary N) is 1. The van der Waals surface area contributed by atoms with E-state index < -0.39 is 17.6 Å². The number of pyridine rings is 1. The first-order valence-electron chi connectivity index (χ1n) is 11.9. The van der Waals surface area contributed by atoms with Crippen LogP contribution in [0.4, 0.5) is 18.9 Å². The largest absolute Gasteiger partial charge is 0.507 e. The second-order valence-electron chi connectivity index (χ2n) is 9.18. The van der Waals surface area contributed by atoms with Crippen LogP contribution in [0.15, 0.2) is 67.0 Å². The normalized spacial score (nSPS) is 14.8. The number of carbonyl (C=O) groups is 1. The maximum absolute atomic E-state index is 12.8. The summed E-state index contributed by atoms with van der Waals surface area (Å²) < 4.78 is 40.4. The lowest BCUT2D eigenvalue weighted by Crippen LogP contribution is -2.46. The summed E-state index contributed by atoms with van der Waals surface area (Å²) in [6, 6.07) is 14.2. The minimum absolute atomic E-state index is 0.0824. The quantitative estimate of drug-likeness (QED) is 0.406. The lowest BCUT2D eigenvalue weighted by molar-refractivity contribution is -0.137. The van der Waals surface area contributed by atoms with Crippen molar-refractivity contribution in [3.63, 3.8) is 0 Å². The number of amides is 1. The molecule has 3 N–H and O–H groups in total. The van der Waals surface area contributed by atoms with Crippen molar-refractivity contribution in [1.82, 2.24) is 14.5 Å². The van der Waals surface area contributed by atoms with Gasteiger partial charge in [0, 0.05) is 62.7 Å². The number of fused-ring (bicyclic) bond motifs is 1. The zero-order valence-corrected chi connectivity index (χ0v) is 19.9. The fourth-order valence-corrected chi connectivity index (χ4v) is 4.76. The van der Waals surface area contributed by atoms with E-state index in [-0.39, 0.29) is 11.3 Å². The van der Waals surface area contributed by atoms with Crippen LogP contribution in [0.1, 0.15) is 27.0 Å². The number of benzene rings is 2. The minimum atomic E-state index is -4.32. The highest BCUT2D eigenvalue weighted by atomic mass is 19.4. The Morgan fingerprint density at radius 3 is 2.30 bits per heavy atom. The van der Waals surface area contributed by atoms with Crippen molar-refractivity contribution in [3.05, 3.63) is 89.2 Å². The van der Waals surface area contributed by atoms with Crippen molar-refractivity contribution >= 4 is 22.6 Å². The molecule has 1 aliphatic heterocycles. The van der Waals surface area contributed by atoms with Crippen LogP contribution in [-0.4, -0.2) is 51.6 Å². The number of aromatic hydroxyl groups is 1. The van der Waals surface area contributed by atoms with Gasteiger partial charge >= 0.3 is 6.18 Å². The van der Waals surface area contributed by atoms with Crippen LogP contribution in [0.5, 0.6) is 5.75 Å². The highest BCUT2D eigenvalue weighted by Crippen LogP contribution is 2.30. The molecule has 1 aliphatic rings. The lowest BCUT2D eigenvalue weighted by Gasteiger charge is -2.36. The van der Waals surface area contributed by atoms with Crippen LogP contribution in [0, 0.1) is 0 Å². The van der Waals surface area contributed by atoms with Gasteiger partial charge in [-0.15, -0.1) is 0 Å². The molecule has 1 amide bonds. The molecule has 1 saturated heterocycles. The molecule has 192 valence electrons. The molecular weight excluding hydrogens is 483 g/mol. The minimum Gasteiger partial charge on any atom is -0.507 e. The highest BCUT2D eigenvalue weighted by Gasteiger charge is 2.30. The Morgan fingerprint density at radius 2 is 1.65 bits per heavy atom. The van der Waals surface area contributed by atoms with Crippen LogP contribution in [0.3, 0.4) is 0 Å². The number of carbonyl (C=O) groups excluding carboxylic acids is 1. The molecule has 5 rings (SSSR count). The molecule has 7 nitrogen and oxygen atoms in total. The van der Waals surface area contributed by atoms with E-state index >= 15 is 0 Å². The average Bonchev–Trinajstić information content (AvgIpc) is 3.27. The van der Waals surface area contributed by atoms with Gasteiger partial charge in [0.05, 0.1) is 11.1 Å². The van der Waals surface area contributed by atoms with E-state index in [1.54, 1.807) is 24.4 Å². The van der Waals surface area contributed by atoms with Crippen LogP contribution >= 0.6 is 0 Å². The first-order chi connectivity index (χ1) is 17.7. The molecule has 0 unspecified atom stereocenters. The second kappa shape index (κ2) is 9.78. The van der Waals surface area contributed by atoms with E-state index in [1.807, 2.05) is 22.9 Å². The van der Waals surface area contributed by atoms with Gasteiger partial charge in [0.1, 0.15) is 11.4 Å². The van der Waals surface area contributed by atoms with Gasteiger partial charge in [-0.25, -0.2) is 4.98 Å². The van der Waals surface area contributed by atoms with Gasteiger partial charge in [0.2, 0.25) is 0 Å². The second-order valence-corrected chi connectivity index (χ2v) is 9.18. The molecule has 2 aromatic carbocycles. The van der Waals surface area contributed by atoms with Crippen molar-refractivity contribution in [2.75, 3.05) is 31.1 Å². The van der Waals surface area contributed by atoms with Crippen LogP contribution in [-0.2, 0) is 19.3 Å². The smallest absolute Gasteiger partial charge is 0.416 e. The summed E-state index contributed by atoms with van der Waals surface area (Å²) in [5.74, 6) is -0.828. The maximum Gasteiger partial charge on any atom is 0.416 e. The molecular formula is C27H26F3N5O2. The van der Waals surface area contributed by atoms with Gasteiger partial charge in [0.15, 0.2) is 0 Å². The van der Waals surface area contributed by atoms with Gasteiger partial charge in [-0.05, 0) is 47.5 Å². The topological polar surface area (TPSA) is 87.6 Å². The fourth-order valence-electron chi connectivity index (χ4n) is 4.76. The summed E-state index contributed by atoms with van der Waals surface area (Å²) >= 11 is 0. The monoisotopic (exact) mass is 509 g/mol. The van der Waals surface area contributed by atoms with E-state index in [0.29, 0.717) is 13.1 Å². The Hall–Kier alpha value is -4.05. The molecule has 0 radical (unpaired) electrons. The lowest BCUT2D eigenvalue weighted by atomic mass is 10.1. The molecule has 0 bridgehead atoms. The first kappa shape index (κ1) is 24.6. The van der Waals surface area contributed by atoms with Crippen LogP contribution < -0.4 is 10.6 Å². The Kier molecular flexibility index (Phi) is 6.51. The summed E-state index contributed by atoms with van der Waals surface area (Å²) in [4.78, 5) is 20.5. The molecule has 37 heavy (non-hydrogen) atoms.